The van der Waals surface area contributed by atoms with Crippen molar-refractivity contribution in [3.8, 4) is 16.2 Å². The van der Waals surface area contributed by atoms with Gasteiger partial charge in [0.2, 0.25) is 0 Å². The first-order valence-electron chi connectivity index (χ1n) is 12.4. The molecular weight excluding hydrogens is 502 g/mol. The van der Waals surface area contributed by atoms with Crippen molar-refractivity contribution in [2.75, 3.05) is 24.9 Å². The van der Waals surface area contributed by atoms with Gasteiger partial charge in [-0.15, -0.1) is 11.3 Å². The number of nitrogens with one attached hydrogen (secondary N) is 3. The molecule has 8 nitrogen and oxygen atoms in total. The molecule has 1 heterocycles. The monoisotopic (exact) mass is 537 g/mol. The number of anilines is 2. The molecule has 0 radical (unpaired) electrons. The average Bonchev–Trinajstić information content (AvgIpc) is 3.32. The number of benzene rings is 2. The highest BCUT2D eigenvalue weighted by Crippen LogP contribution is 2.36. The van der Waals surface area contributed by atoms with Crippen LogP contribution in [0, 0.1) is 26.7 Å². The number of rotatable bonds is 9. The average molecular weight is 538 g/mol. The Hall–Kier alpha value is -3.85. The summed E-state index contributed by atoms with van der Waals surface area (Å²) in [5, 5.41) is 8.56. The summed E-state index contributed by atoms with van der Waals surface area (Å²) < 4.78 is 10.2. The van der Waals surface area contributed by atoms with Crippen molar-refractivity contribution in [1.82, 2.24) is 5.32 Å². The van der Waals surface area contributed by atoms with Gasteiger partial charge >= 0.3 is 12.0 Å². The van der Waals surface area contributed by atoms with E-state index in [1.54, 1.807) is 13.2 Å². The molecule has 0 spiro atoms. The lowest BCUT2D eigenvalue weighted by molar-refractivity contribution is -0.144. The van der Waals surface area contributed by atoms with Crippen molar-refractivity contribution >= 4 is 40.6 Å². The molecular formula is C29H35N3O5S. The standard InChI is InChI=1S/C29H35N3O5S/c1-8-17(3)25(28(34)37-7)31-27(33)26-22(15-23(38-26)20-9-11-21(36-6)12-10-20)30-29(35)32-24-18(4)13-16(2)14-19(24)5/h9-15,17,25H,8H2,1-7H3,(H,31,33)(H2,30,32,35)/t17?,25-/m0/s1. The molecule has 1 aromatic heterocycles. The SMILES string of the molecule is CCC(C)[C@H](NC(=O)c1sc(-c2ccc(OC)cc2)cc1NC(=O)Nc1c(C)cc(C)cc1C)C(=O)OC. The van der Waals surface area contributed by atoms with Gasteiger partial charge in [-0.2, -0.15) is 0 Å². The highest BCUT2D eigenvalue weighted by molar-refractivity contribution is 7.18. The first kappa shape index (κ1) is 28.7. The number of ether oxygens (including phenoxy) is 2. The van der Waals surface area contributed by atoms with Crippen LogP contribution in [0.1, 0.15) is 46.6 Å². The van der Waals surface area contributed by atoms with Crippen LogP contribution in [0.3, 0.4) is 0 Å². The quantitative estimate of drug-likeness (QED) is 0.277. The summed E-state index contributed by atoms with van der Waals surface area (Å²) in [4.78, 5) is 40.0. The Bertz CT molecular complexity index is 1290. The van der Waals surface area contributed by atoms with Gasteiger partial charge in [-0.05, 0) is 73.7 Å². The number of thiophene rings is 1. The number of esters is 1. The maximum absolute atomic E-state index is 13.4. The fourth-order valence-electron chi connectivity index (χ4n) is 4.20. The summed E-state index contributed by atoms with van der Waals surface area (Å²) in [7, 11) is 2.89. The molecule has 0 saturated carbocycles. The summed E-state index contributed by atoms with van der Waals surface area (Å²) in [5.41, 5.74) is 4.89. The number of hydrogen-bond acceptors (Lipinski definition) is 6. The van der Waals surface area contributed by atoms with Crippen LogP contribution >= 0.6 is 11.3 Å². The summed E-state index contributed by atoms with van der Waals surface area (Å²) in [6.07, 6.45) is 0.671. The van der Waals surface area contributed by atoms with E-state index in [9.17, 15) is 14.4 Å². The molecule has 202 valence electrons. The van der Waals surface area contributed by atoms with E-state index in [4.69, 9.17) is 9.47 Å². The van der Waals surface area contributed by atoms with Gasteiger partial charge in [0.05, 0.1) is 19.9 Å². The number of methoxy groups -OCH3 is 2. The summed E-state index contributed by atoms with van der Waals surface area (Å²) in [6, 6.07) is 11.9. The Balaban J connectivity index is 1.95. The molecule has 0 bridgehead atoms. The van der Waals surface area contributed by atoms with Gasteiger partial charge in [0.25, 0.3) is 5.91 Å². The van der Waals surface area contributed by atoms with E-state index in [0.717, 1.165) is 27.1 Å². The molecule has 38 heavy (non-hydrogen) atoms. The van der Waals surface area contributed by atoms with E-state index in [2.05, 4.69) is 16.0 Å². The van der Waals surface area contributed by atoms with Crippen molar-refractivity contribution < 1.29 is 23.9 Å². The molecule has 9 heteroatoms. The van der Waals surface area contributed by atoms with Crippen LogP contribution in [0.4, 0.5) is 16.2 Å². The van der Waals surface area contributed by atoms with Crippen LogP contribution in [0.25, 0.3) is 10.4 Å². The zero-order valence-corrected chi connectivity index (χ0v) is 23.7. The van der Waals surface area contributed by atoms with E-state index in [-0.39, 0.29) is 10.8 Å². The molecule has 3 amide bonds. The van der Waals surface area contributed by atoms with Gasteiger partial charge in [-0.3, -0.25) is 4.79 Å². The van der Waals surface area contributed by atoms with Crippen LogP contribution in [-0.4, -0.2) is 38.2 Å². The van der Waals surface area contributed by atoms with E-state index in [1.165, 1.54) is 18.4 Å². The first-order chi connectivity index (χ1) is 18.1. The second-order valence-corrected chi connectivity index (χ2v) is 10.3. The van der Waals surface area contributed by atoms with Gasteiger partial charge in [-0.25, -0.2) is 9.59 Å². The van der Waals surface area contributed by atoms with Crippen molar-refractivity contribution in [3.05, 3.63) is 64.0 Å². The predicted molar refractivity (Wildman–Crippen MR) is 152 cm³/mol. The summed E-state index contributed by atoms with van der Waals surface area (Å²) >= 11 is 1.22. The maximum Gasteiger partial charge on any atom is 0.328 e. The largest absolute Gasteiger partial charge is 0.497 e. The van der Waals surface area contributed by atoms with Crippen molar-refractivity contribution in [2.45, 2.75) is 47.1 Å². The Kier molecular flexibility index (Phi) is 9.52. The fraction of sp³-hybridized carbons (Fsp3) is 0.345. The molecule has 1 unspecified atom stereocenters. The number of amides is 3. The molecule has 3 N–H and O–H groups in total. The van der Waals surface area contributed by atoms with Crippen LogP contribution < -0.4 is 20.7 Å². The zero-order chi connectivity index (χ0) is 28.0. The number of urea groups is 1. The summed E-state index contributed by atoms with van der Waals surface area (Å²) in [5.74, 6) is -0.417. The zero-order valence-electron chi connectivity index (χ0n) is 22.9. The Morgan fingerprint density at radius 1 is 0.947 bits per heavy atom. The number of carbonyl (C=O) groups is 3. The number of aryl methyl sites for hydroxylation is 3. The van der Waals surface area contributed by atoms with Gasteiger partial charge in [0.1, 0.15) is 16.7 Å². The normalized spacial score (nSPS) is 12.3. The molecule has 0 aliphatic heterocycles. The second-order valence-electron chi connectivity index (χ2n) is 9.29. The van der Waals surface area contributed by atoms with E-state index < -0.39 is 23.9 Å². The third-order valence-electron chi connectivity index (χ3n) is 6.43. The minimum Gasteiger partial charge on any atom is -0.497 e. The molecule has 3 rings (SSSR count). The van der Waals surface area contributed by atoms with Gasteiger partial charge in [0.15, 0.2) is 0 Å². The first-order valence-corrected chi connectivity index (χ1v) is 13.2. The lowest BCUT2D eigenvalue weighted by Gasteiger charge is -2.21. The molecule has 2 atom stereocenters. The molecule has 0 aliphatic rings. The Morgan fingerprint density at radius 3 is 2.13 bits per heavy atom. The van der Waals surface area contributed by atoms with Crippen molar-refractivity contribution in [2.24, 2.45) is 5.92 Å². The predicted octanol–water partition coefficient (Wildman–Crippen LogP) is 6.31. The second kappa shape index (κ2) is 12.6. The van der Waals surface area contributed by atoms with Crippen LogP contribution in [0.2, 0.25) is 0 Å². The topological polar surface area (TPSA) is 106 Å². The molecule has 2 aromatic carbocycles. The van der Waals surface area contributed by atoms with Crippen LogP contribution in [0.5, 0.6) is 5.75 Å². The van der Waals surface area contributed by atoms with Gasteiger partial charge < -0.3 is 25.4 Å². The fourth-order valence-corrected chi connectivity index (χ4v) is 5.22. The Labute approximate surface area is 227 Å². The lowest BCUT2D eigenvalue weighted by Crippen LogP contribution is -2.45. The molecule has 3 aromatic rings. The van der Waals surface area contributed by atoms with Crippen molar-refractivity contribution in [1.29, 1.82) is 0 Å². The van der Waals surface area contributed by atoms with E-state index >= 15 is 0 Å². The summed E-state index contributed by atoms with van der Waals surface area (Å²) in [6.45, 7) is 9.68. The van der Waals surface area contributed by atoms with Crippen LogP contribution in [0.15, 0.2) is 42.5 Å². The van der Waals surface area contributed by atoms with E-state index in [0.29, 0.717) is 23.5 Å². The third kappa shape index (κ3) is 6.72. The number of hydrogen-bond donors (Lipinski definition) is 3. The van der Waals surface area contributed by atoms with Gasteiger partial charge in [0, 0.05) is 10.6 Å². The minimum atomic E-state index is -0.816. The smallest absolute Gasteiger partial charge is 0.328 e. The molecule has 0 saturated heterocycles. The van der Waals surface area contributed by atoms with Crippen molar-refractivity contribution in [3.63, 3.8) is 0 Å². The molecule has 0 fully saturated rings. The highest BCUT2D eigenvalue weighted by atomic mass is 32.1. The van der Waals surface area contributed by atoms with Gasteiger partial charge in [-0.1, -0.05) is 38.0 Å². The number of carbonyl (C=O) groups excluding carboxylic acids is 3. The van der Waals surface area contributed by atoms with E-state index in [1.807, 2.05) is 71.0 Å². The Morgan fingerprint density at radius 2 is 1.58 bits per heavy atom. The highest BCUT2D eigenvalue weighted by Gasteiger charge is 2.29. The molecule has 0 aliphatic carbocycles. The minimum absolute atomic E-state index is 0.139. The third-order valence-corrected chi connectivity index (χ3v) is 7.61. The lowest BCUT2D eigenvalue weighted by atomic mass is 9.99. The van der Waals surface area contributed by atoms with Crippen LogP contribution in [-0.2, 0) is 9.53 Å². The maximum atomic E-state index is 13.4.